The largest absolute Gasteiger partial charge is 0.493 e. The highest BCUT2D eigenvalue weighted by molar-refractivity contribution is 5.60. The van der Waals surface area contributed by atoms with E-state index in [1.807, 2.05) is 24.3 Å². The highest BCUT2D eigenvalue weighted by Crippen LogP contribution is 2.27. The van der Waals surface area contributed by atoms with E-state index in [1.165, 1.54) is 18.9 Å². The molecule has 0 bridgehead atoms. The Morgan fingerprint density at radius 3 is 2.43 bits per heavy atom. The lowest BCUT2D eigenvalue weighted by Gasteiger charge is -2.23. The smallest absolute Gasteiger partial charge is 0.200 e. The van der Waals surface area contributed by atoms with Gasteiger partial charge in [0, 0.05) is 5.56 Å². The Bertz CT molecular complexity index is 812. The second kappa shape index (κ2) is 9.72. The second-order valence-corrected chi connectivity index (χ2v) is 7.25. The summed E-state index contributed by atoms with van der Waals surface area (Å²) < 4.78 is 39.2. The third-order valence-electron chi connectivity index (χ3n) is 5.16. The van der Waals surface area contributed by atoms with Crippen molar-refractivity contribution in [1.82, 2.24) is 0 Å². The average Bonchev–Trinajstić information content (AvgIpc) is 2.72. The molecule has 2 aromatic carbocycles. The first kappa shape index (κ1) is 20.4. The average molecular weight is 386 g/mol. The zero-order valence-corrected chi connectivity index (χ0v) is 16.6. The summed E-state index contributed by atoms with van der Waals surface area (Å²) in [4.78, 5) is 0. The van der Waals surface area contributed by atoms with E-state index in [-0.39, 0.29) is 5.75 Å². The first-order chi connectivity index (χ1) is 13.6. The van der Waals surface area contributed by atoms with Crippen LogP contribution >= 0.6 is 0 Å². The Labute approximate surface area is 166 Å². The summed E-state index contributed by atoms with van der Waals surface area (Å²) >= 11 is 0. The summed E-state index contributed by atoms with van der Waals surface area (Å²) in [6.45, 7) is 5.03. The fourth-order valence-corrected chi connectivity index (χ4v) is 3.57. The molecule has 3 rings (SSSR count). The van der Waals surface area contributed by atoms with Gasteiger partial charge in [-0.2, -0.15) is 4.39 Å². The Hall–Kier alpha value is -2.36. The number of rotatable bonds is 8. The molecule has 1 atom stereocenters. The fourth-order valence-electron chi connectivity index (χ4n) is 3.57. The molecule has 0 saturated heterocycles. The maximum atomic E-state index is 14.2. The van der Waals surface area contributed by atoms with Gasteiger partial charge in [0.15, 0.2) is 11.6 Å². The van der Waals surface area contributed by atoms with Gasteiger partial charge in [0.25, 0.3) is 0 Å². The predicted octanol–water partition coefficient (Wildman–Crippen LogP) is 6.33. The maximum absolute atomic E-state index is 14.2. The zero-order chi connectivity index (χ0) is 19.9. The van der Waals surface area contributed by atoms with Crippen LogP contribution in [0.5, 0.6) is 5.75 Å². The quantitative estimate of drug-likeness (QED) is 0.528. The van der Waals surface area contributed by atoms with Crippen LogP contribution in [0.3, 0.4) is 0 Å². The van der Waals surface area contributed by atoms with Gasteiger partial charge in [-0.15, -0.1) is 0 Å². The van der Waals surface area contributed by atoms with E-state index in [9.17, 15) is 8.78 Å². The minimum absolute atomic E-state index is 0.0324. The molecule has 0 saturated carbocycles. The molecule has 0 radical (unpaired) electrons. The Kier molecular flexibility index (Phi) is 7.07. The van der Waals surface area contributed by atoms with E-state index in [4.69, 9.17) is 9.47 Å². The summed E-state index contributed by atoms with van der Waals surface area (Å²) in [5.41, 5.74) is 2.51. The molecule has 1 aliphatic heterocycles. The van der Waals surface area contributed by atoms with Crippen LogP contribution in [0.1, 0.15) is 49.8 Å². The molecular weight excluding hydrogens is 358 g/mol. The monoisotopic (exact) mass is 386 g/mol. The lowest BCUT2D eigenvalue weighted by atomic mass is 9.97. The van der Waals surface area contributed by atoms with Crippen LogP contribution in [0.25, 0.3) is 5.76 Å². The van der Waals surface area contributed by atoms with Gasteiger partial charge in [-0.3, -0.25) is 0 Å². The van der Waals surface area contributed by atoms with E-state index in [0.29, 0.717) is 30.9 Å². The lowest BCUT2D eigenvalue weighted by Crippen LogP contribution is -2.13. The van der Waals surface area contributed by atoms with Crippen LogP contribution in [0.15, 0.2) is 42.5 Å². The highest BCUT2D eigenvalue weighted by Gasteiger charge is 2.16. The number of halogens is 2. The van der Waals surface area contributed by atoms with Crippen molar-refractivity contribution in [2.75, 3.05) is 13.2 Å². The number of ether oxygens (including phenoxy) is 2. The van der Waals surface area contributed by atoms with Gasteiger partial charge in [-0.1, -0.05) is 43.7 Å². The molecule has 2 nitrogen and oxygen atoms in total. The van der Waals surface area contributed by atoms with Gasteiger partial charge >= 0.3 is 0 Å². The molecule has 28 heavy (non-hydrogen) atoms. The molecule has 0 aliphatic carbocycles. The van der Waals surface area contributed by atoms with Gasteiger partial charge in [-0.05, 0) is 61.8 Å². The minimum atomic E-state index is -0.905. The van der Waals surface area contributed by atoms with Gasteiger partial charge in [0.05, 0.1) is 13.2 Å². The number of hydrogen-bond donors (Lipinski definition) is 0. The molecular formula is C24H28F2O2. The van der Waals surface area contributed by atoms with Crippen molar-refractivity contribution in [3.63, 3.8) is 0 Å². The molecule has 150 valence electrons. The van der Waals surface area contributed by atoms with Crippen molar-refractivity contribution in [3.05, 3.63) is 70.8 Å². The van der Waals surface area contributed by atoms with E-state index in [1.54, 1.807) is 13.0 Å². The van der Waals surface area contributed by atoms with Crippen molar-refractivity contribution >= 4 is 5.76 Å². The first-order valence-electron chi connectivity index (χ1n) is 10.1. The third-order valence-corrected chi connectivity index (χ3v) is 5.16. The molecule has 0 N–H and O–H groups in total. The van der Waals surface area contributed by atoms with Gasteiger partial charge in [-0.25, -0.2) is 4.39 Å². The van der Waals surface area contributed by atoms with E-state index in [2.05, 4.69) is 13.0 Å². The SMILES string of the molecule is CCCC1CC=C(c2ccc(CCc3ccc(OCC)c(F)c3F)cc2)OC1. The van der Waals surface area contributed by atoms with Crippen molar-refractivity contribution in [3.8, 4) is 5.75 Å². The van der Waals surface area contributed by atoms with Crippen LogP contribution in [0.4, 0.5) is 8.78 Å². The molecule has 4 heteroatoms. The molecule has 1 aliphatic rings. The van der Waals surface area contributed by atoms with Gasteiger partial charge < -0.3 is 9.47 Å². The van der Waals surface area contributed by atoms with Crippen LogP contribution in [0, 0.1) is 17.6 Å². The number of aryl methyl sites for hydroxylation is 2. The number of benzene rings is 2. The van der Waals surface area contributed by atoms with Gasteiger partial charge in [0.2, 0.25) is 5.82 Å². The summed E-state index contributed by atoms with van der Waals surface area (Å²) in [7, 11) is 0. The van der Waals surface area contributed by atoms with Crippen LogP contribution < -0.4 is 4.74 Å². The standard InChI is InChI=1S/C24H28F2O2/c1-3-5-18-9-14-21(28-16-18)19-10-6-17(7-11-19)8-12-20-13-15-22(27-4-2)24(26)23(20)25/h6-7,10-11,13-15,18H,3-5,8-9,12,16H2,1-2H3. The van der Waals surface area contributed by atoms with E-state index < -0.39 is 11.6 Å². The first-order valence-corrected chi connectivity index (χ1v) is 10.1. The third kappa shape index (κ3) is 4.92. The minimum Gasteiger partial charge on any atom is -0.493 e. The number of hydrogen-bond acceptors (Lipinski definition) is 2. The number of allylic oxidation sites excluding steroid dienone is 1. The Morgan fingerprint density at radius 1 is 1.00 bits per heavy atom. The lowest BCUT2D eigenvalue weighted by molar-refractivity contribution is 0.193. The summed E-state index contributed by atoms with van der Waals surface area (Å²) in [6, 6.07) is 11.2. The molecule has 1 unspecified atom stereocenters. The summed E-state index contributed by atoms with van der Waals surface area (Å²) in [5, 5.41) is 0. The molecule has 0 spiro atoms. The van der Waals surface area contributed by atoms with Crippen molar-refractivity contribution in [1.29, 1.82) is 0 Å². The predicted molar refractivity (Wildman–Crippen MR) is 108 cm³/mol. The highest BCUT2D eigenvalue weighted by atomic mass is 19.2. The Balaban J connectivity index is 1.60. The zero-order valence-electron chi connectivity index (χ0n) is 16.6. The molecule has 1 heterocycles. The Morgan fingerprint density at radius 2 is 1.79 bits per heavy atom. The summed E-state index contributed by atoms with van der Waals surface area (Å²) in [6.07, 6.45) is 6.70. The fraction of sp³-hybridized carbons (Fsp3) is 0.417. The topological polar surface area (TPSA) is 18.5 Å². The van der Waals surface area contributed by atoms with Crippen LogP contribution in [0.2, 0.25) is 0 Å². The van der Waals surface area contributed by atoms with E-state index >= 15 is 0 Å². The second-order valence-electron chi connectivity index (χ2n) is 7.25. The molecule has 0 fully saturated rings. The molecule has 0 aromatic heterocycles. The van der Waals surface area contributed by atoms with Gasteiger partial charge in [0.1, 0.15) is 5.76 Å². The normalized spacial score (nSPS) is 16.4. The molecule has 0 amide bonds. The van der Waals surface area contributed by atoms with E-state index in [0.717, 1.165) is 29.9 Å². The van der Waals surface area contributed by atoms with Crippen molar-refractivity contribution < 1.29 is 18.3 Å². The summed E-state index contributed by atoms with van der Waals surface area (Å²) in [5.74, 6) is -0.187. The van der Waals surface area contributed by atoms with Crippen molar-refractivity contribution in [2.24, 2.45) is 5.92 Å². The maximum Gasteiger partial charge on any atom is 0.200 e. The van der Waals surface area contributed by atoms with Crippen LogP contribution in [-0.4, -0.2) is 13.2 Å². The molecule has 2 aromatic rings. The van der Waals surface area contributed by atoms with Crippen LogP contribution in [-0.2, 0) is 17.6 Å². The van der Waals surface area contributed by atoms with Crippen molar-refractivity contribution in [2.45, 2.75) is 46.0 Å².